The van der Waals surface area contributed by atoms with E-state index in [1.165, 1.54) is 5.01 Å². The molecular weight excluding hydrogens is 447 g/mol. The average Bonchev–Trinajstić information content (AvgIpc) is 3.00. The quantitative estimate of drug-likeness (QED) is 0.288. The van der Waals surface area contributed by atoms with Crippen LogP contribution in [0.4, 0.5) is 0 Å². The minimum absolute atomic E-state index is 0. The van der Waals surface area contributed by atoms with Gasteiger partial charge in [0.25, 0.3) is 0 Å². The largest absolute Gasteiger partial charge is 0.496 e. The highest BCUT2D eigenvalue weighted by molar-refractivity contribution is 14.0. The van der Waals surface area contributed by atoms with E-state index in [-0.39, 0.29) is 24.0 Å². The van der Waals surface area contributed by atoms with Crippen LogP contribution in [0.15, 0.2) is 34.6 Å². The Labute approximate surface area is 171 Å². The summed E-state index contributed by atoms with van der Waals surface area (Å²) in [6.45, 7) is 3.66. The van der Waals surface area contributed by atoms with Crippen molar-refractivity contribution in [2.45, 2.75) is 26.3 Å². The first-order chi connectivity index (χ1) is 11.6. The van der Waals surface area contributed by atoms with Crippen LogP contribution in [0.5, 0.6) is 5.75 Å². The van der Waals surface area contributed by atoms with Gasteiger partial charge in [-0.05, 0) is 19.4 Å². The highest BCUT2D eigenvalue weighted by Gasteiger charge is 2.09. The van der Waals surface area contributed by atoms with Crippen molar-refractivity contribution in [3.8, 4) is 5.75 Å². The molecule has 1 aromatic carbocycles. The van der Waals surface area contributed by atoms with Crippen LogP contribution < -0.4 is 10.1 Å². The lowest BCUT2D eigenvalue weighted by Crippen LogP contribution is -2.39. The van der Waals surface area contributed by atoms with Crippen LogP contribution in [0.3, 0.4) is 0 Å². The van der Waals surface area contributed by atoms with Gasteiger partial charge in [0.2, 0.25) is 0 Å². The molecule has 1 N–H and O–H groups in total. The molecule has 138 valence electrons. The van der Waals surface area contributed by atoms with Crippen LogP contribution >= 0.6 is 35.3 Å². The standard InChI is InChI=1S/C18H26N4OS.HI/c1-14-13-24-17(21-14)10-7-11-20-18(19-2)22(3)12-15-8-5-6-9-16(15)23-4;/h5-6,8-9,13H,7,10-12H2,1-4H3,(H,19,20);1H. The van der Waals surface area contributed by atoms with Crippen LogP contribution in [0.25, 0.3) is 0 Å². The molecule has 1 aromatic heterocycles. The maximum absolute atomic E-state index is 5.42. The molecule has 0 amide bonds. The number of benzene rings is 1. The van der Waals surface area contributed by atoms with E-state index in [4.69, 9.17) is 4.74 Å². The number of rotatable bonds is 7. The fourth-order valence-corrected chi connectivity index (χ4v) is 3.32. The number of nitrogens with one attached hydrogen (secondary N) is 1. The van der Waals surface area contributed by atoms with Gasteiger partial charge in [0.1, 0.15) is 5.75 Å². The number of aliphatic imine (C=N–C) groups is 1. The molecular formula is C18H27IN4OS. The summed E-state index contributed by atoms with van der Waals surface area (Å²) in [5.41, 5.74) is 2.25. The monoisotopic (exact) mass is 474 g/mol. The lowest BCUT2D eigenvalue weighted by molar-refractivity contribution is 0.396. The third-order valence-corrected chi connectivity index (χ3v) is 4.72. The molecule has 0 saturated carbocycles. The maximum Gasteiger partial charge on any atom is 0.193 e. The lowest BCUT2D eigenvalue weighted by atomic mass is 10.2. The van der Waals surface area contributed by atoms with Crippen molar-refractivity contribution in [2.75, 3.05) is 27.7 Å². The average molecular weight is 474 g/mol. The van der Waals surface area contributed by atoms with Gasteiger partial charge >= 0.3 is 0 Å². The Bertz CT molecular complexity index is 675. The molecule has 5 nitrogen and oxygen atoms in total. The Morgan fingerprint density at radius 1 is 1.36 bits per heavy atom. The molecule has 0 atom stereocenters. The molecule has 7 heteroatoms. The Morgan fingerprint density at radius 2 is 2.12 bits per heavy atom. The van der Waals surface area contributed by atoms with Crippen LogP contribution in [0, 0.1) is 6.92 Å². The minimum Gasteiger partial charge on any atom is -0.496 e. The zero-order valence-corrected chi connectivity index (χ0v) is 18.4. The van der Waals surface area contributed by atoms with Gasteiger partial charge in [0.05, 0.1) is 12.1 Å². The number of hydrogen-bond donors (Lipinski definition) is 1. The predicted octanol–water partition coefficient (Wildman–Crippen LogP) is 3.72. The normalized spacial score (nSPS) is 11.0. The van der Waals surface area contributed by atoms with E-state index in [0.717, 1.165) is 48.9 Å². The minimum atomic E-state index is 0. The van der Waals surface area contributed by atoms with E-state index < -0.39 is 0 Å². The zero-order chi connectivity index (χ0) is 17.4. The zero-order valence-electron chi connectivity index (χ0n) is 15.3. The summed E-state index contributed by atoms with van der Waals surface area (Å²) in [5.74, 6) is 1.79. The number of ether oxygens (including phenoxy) is 1. The second kappa shape index (κ2) is 11.3. The van der Waals surface area contributed by atoms with Gasteiger partial charge in [-0.15, -0.1) is 35.3 Å². The van der Waals surface area contributed by atoms with Gasteiger partial charge in [-0.25, -0.2) is 4.98 Å². The van der Waals surface area contributed by atoms with Crippen molar-refractivity contribution in [2.24, 2.45) is 4.99 Å². The topological polar surface area (TPSA) is 49.8 Å². The number of thiazole rings is 1. The van der Waals surface area contributed by atoms with Crippen LogP contribution in [-0.2, 0) is 13.0 Å². The van der Waals surface area contributed by atoms with Gasteiger partial charge in [0.15, 0.2) is 5.96 Å². The third kappa shape index (κ3) is 6.81. The highest BCUT2D eigenvalue weighted by atomic mass is 127. The molecule has 0 saturated heterocycles. The predicted molar refractivity (Wildman–Crippen MR) is 116 cm³/mol. The molecule has 0 spiro atoms. The highest BCUT2D eigenvalue weighted by Crippen LogP contribution is 2.18. The summed E-state index contributed by atoms with van der Waals surface area (Å²) in [6, 6.07) is 8.07. The number of aryl methyl sites for hydroxylation is 2. The number of halogens is 1. The molecule has 0 aliphatic heterocycles. The van der Waals surface area contributed by atoms with Crippen LogP contribution in [0.1, 0.15) is 22.7 Å². The molecule has 2 aromatic rings. The molecule has 0 unspecified atom stereocenters. The fourth-order valence-electron chi connectivity index (χ4n) is 2.51. The molecule has 0 bridgehead atoms. The summed E-state index contributed by atoms with van der Waals surface area (Å²) in [7, 11) is 5.55. The van der Waals surface area contributed by atoms with Gasteiger partial charge in [-0.1, -0.05) is 18.2 Å². The summed E-state index contributed by atoms with van der Waals surface area (Å²) in [4.78, 5) is 11.0. The summed E-state index contributed by atoms with van der Waals surface area (Å²) < 4.78 is 5.42. The van der Waals surface area contributed by atoms with Crippen molar-refractivity contribution in [3.05, 3.63) is 45.9 Å². The number of nitrogens with zero attached hydrogens (tertiary/aromatic N) is 3. The van der Waals surface area contributed by atoms with Crippen molar-refractivity contribution in [1.82, 2.24) is 15.2 Å². The van der Waals surface area contributed by atoms with Crippen LogP contribution in [-0.4, -0.2) is 43.6 Å². The smallest absolute Gasteiger partial charge is 0.193 e. The first kappa shape index (κ1) is 21.7. The number of methoxy groups -OCH3 is 1. The number of hydrogen-bond acceptors (Lipinski definition) is 4. The summed E-state index contributed by atoms with van der Waals surface area (Å²) in [6.07, 6.45) is 2.03. The first-order valence-electron chi connectivity index (χ1n) is 8.08. The van der Waals surface area contributed by atoms with Gasteiger partial charge in [0, 0.05) is 50.2 Å². The molecule has 0 radical (unpaired) electrons. The summed E-state index contributed by atoms with van der Waals surface area (Å²) in [5, 5.41) is 6.72. The van der Waals surface area contributed by atoms with E-state index in [0.29, 0.717) is 0 Å². The Balaban J connectivity index is 0.00000312. The molecule has 0 aliphatic carbocycles. The number of guanidine groups is 1. The van der Waals surface area contributed by atoms with E-state index >= 15 is 0 Å². The van der Waals surface area contributed by atoms with E-state index in [1.807, 2.05) is 39.2 Å². The molecule has 2 rings (SSSR count). The second-order valence-corrected chi connectivity index (χ2v) is 6.57. The maximum atomic E-state index is 5.42. The Hall–Kier alpha value is -1.35. The first-order valence-corrected chi connectivity index (χ1v) is 8.96. The summed E-state index contributed by atoms with van der Waals surface area (Å²) >= 11 is 1.73. The Kier molecular flexibility index (Phi) is 9.81. The fraction of sp³-hybridized carbons (Fsp3) is 0.444. The van der Waals surface area contributed by atoms with E-state index in [1.54, 1.807) is 18.4 Å². The van der Waals surface area contributed by atoms with Crippen molar-refractivity contribution < 1.29 is 4.74 Å². The molecule has 25 heavy (non-hydrogen) atoms. The van der Waals surface area contributed by atoms with E-state index in [2.05, 4.69) is 31.6 Å². The van der Waals surface area contributed by atoms with Gasteiger partial charge < -0.3 is 15.0 Å². The van der Waals surface area contributed by atoms with Crippen LogP contribution in [0.2, 0.25) is 0 Å². The van der Waals surface area contributed by atoms with Crippen molar-refractivity contribution in [3.63, 3.8) is 0 Å². The second-order valence-electron chi connectivity index (χ2n) is 5.63. The van der Waals surface area contributed by atoms with Crippen molar-refractivity contribution >= 4 is 41.3 Å². The van der Waals surface area contributed by atoms with E-state index in [9.17, 15) is 0 Å². The SMILES string of the molecule is CN=C(NCCCc1nc(C)cs1)N(C)Cc1ccccc1OC.I. The molecule has 0 fully saturated rings. The Morgan fingerprint density at radius 3 is 2.76 bits per heavy atom. The van der Waals surface area contributed by atoms with Gasteiger partial charge in [-0.2, -0.15) is 0 Å². The molecule has 1 heterocycles. The van der Waals surface area contributed by atoms with Crippen molar-refractivity contribution in [1.29, 1.82) is 0 Å². The number of aromatic nitrogens is 1. The number of para-hydroxylation sites is 1. The lowest BCUT2D eigenvalue weighted by Gasteiger charge is -2.23. The third-order valence-electron chi connectivity index (χ3n) is 3.69. The van der Waals surface area contributed by atoms with Gasteiger partial charge in [-0.3, -0.25) is 4.99 Å². The molecule has 0 aliphatic rings.